The van der Waals surface area contributed by atoms with Gasteiger partial charge >= 0.3 is 0 Å². The van der Waals surface area contributed by atoms with E-state index in [1.54, 1.807) is 60.4 Å². The fourth-order valence-electron chi connectivity index (χ4n) is 4.04. The number of aryl methyl sites for hydroxylation is 1. The summed E-state index contributed by atoms with van der Waals surface area (Å²) in [5.74, 6) is -0.296. The molecule has 166 valence electrons. The van der Waals surface area contributed by atoms with Gasteiger partial charge in [0.15, 0.2) is 5.69 Å². The number of anilines is 1. The lowest BCUT2D eigenvalue weighted by Crippen LogP contribution is -2.39. The maximum absolute atomic E-state index is 13.1. The van der Waals surface area contributed by atoms with E-state index in [-0.39, 0.29) is 29.7 Å². The van der Waals surface area contributed by atoms with Crippen molar-refractivity contribution >= 4 is 28.3 Å². The first-order valence-corrected chi connectivity index (χ1v) is 10.8. The topological polar surface area (TPSA) is 105 Å². The number of hydrogen-bond donors (Lipinski definition) is 2. The van der Waals surface area contributed by atoms with Gasteiger partial charge in [-0.05, 0) is 49.9 Å². The van der Waals surface area contributed by atoms with Crippen LogP contribution < -0.4 is 10.9 Å². The Labute approximate surface area is 185 Å². The molecule has 2 aromatic carbocycles. The highest BCUT2D eigenvalue weighted by Crippen LogP contribution is 2.21. The Bertz CT molecular complexity index is 1210. The summed E-state index contributed by atoms with van der Waals surface area (Å²) in [6.45, 7) is 3.51. The monoisotopic (exact) mass is 434 g/mol. The van der Waals surface area contributed by atoms with Gasteiger partial charge in [0, 0.05) is 42.9 Å². The second-order valence-electron chi connectivity index (χ2n) is 7.97. The SMILES string of the molecule is CCn1nc(C(=O)Nc2cccc(C(=O)N3CCC(CO)CC3)c2)c2ccccc2c1=O. The van der Waals surface area contributed by atoms with Crippen LogP contribution in [0.3, 0.4) is 0 Å². The molecule has 2 heterocycles. The molecule has 0 spiro atoms. The molecule has 2 N–H and O–H groups in total. The summed E-state index contributed by atoms with van der Waals surface area (Å²) < 4.78 is 1.27. The van der Waals surface area contributed by atoms with Gasteiger partial charge in [-0.2, -0.15) is 5.10 Å². The number of amides is 2. The molecule has 0 atom stereocenters. The third-order valence-electron chi connectivity index (χ3n) is 5.91. The molecule has 1 saturated heterocycles. The first-order valence-electron chi connectivity index (χ1n) is 10.8. The molecule has 8 heteroatoms. The third kappa shape index (κ3) is 4.27. The normalized spacial score (nSPS) is 14.5. The molecule has 0 bridgehead atoms. The zero-order valence-corrected chi connectivity index (χ0v) is 18.0. The van der Waals surface area contributed by atoms with Crippen molar-refractivity contribution in [2.24, 2.45) is 5.92 Å². The number of carbonyl (C=O) groups excluding carboxylic acids is 2. The molecule has 0 saturated carbocycles. The first-order chi connectivity index (χ1) is 15.5. The Kier molecular flexibility index (Phi) is 6.32. The van der Waals surface area contributed by atoms with E-state index in [1.807, 2.05) is 0 Å². The van der Waals surface area contributed by atoms with Crippen molar-refractivity contribution in [1.29, 1.82) is 0 Å². The van der Waals surface area contributed by atoms with Crippen LogP contribution in [0.25, 0.3) is 10.8 Å². The highest BCUT2D eigenvalue weighted by molar-refractivity contribution is 6.11. The molecule has 1 aliphatic rings. The Morgan fingerprint density at radius 1 is 1.09 bits per heavy atom. The number of nitrogens with zero attached hydrogens (tertiary/aromatic N) is 3. The van der Waals surface area contributed by atoms with Crippen LogP contribution in [-0.2, 0) is 6.54 Å². The van der Waals surface area contributed by atoms with Crippen LogP contribution >= 0.6 is 0 Å². The number of hydrogen-bond acceptors (Lipinski definition) is 5. The second-order valence-corrected chi connectivity index (χ2v) is 7.97. The molecular formula is C24H26N4O4. The van der Waals surface area contributed by atoms with Gasteiger partial charge in [0.05, 0.1) is 5.39 Å². The number of likely N-dealkylation sites (tertiary alicyclic amines) is 1. The van der Waals surface area contributed by atoms with Gasteiger partial charge < -0.3 is 15.3 Å². The lowest BCUT2D eigenvalue weighted by molar-refractivity contribution is 0.0650. The summed E-state index contributed by atoms with van der Waals surface area (Å²) in [6, 6.07) is 13.7. The van der Waals surface area contributed by atoms with E-state index in [1.165, 1.54) is 4.68 Å². The molecule has 1 aromatic heterocycles. The number of benzene rings is 2. The number of aliphatic hydroxyl groups excluding tert-OH is 1. The molecule has 0 unspecified atom stereocenters. The van der Waals surface area contributed by atoms with Crippen molar-refractivity contribution in [2.75, 3.05) is 25.0 Å². The smallest absolute Gasteiger partial charge is 0.276 e. The maximum Gasteiger partial charge on any atom is 0.276 e. The van der Waals surface area contributed by atoms with E-state index in [0.29, 0.717) is 41.7 Å². The molecule has 8 nitrogen and oxygen atoms in total. The number of carbonyl (C=O) groups is 2. The highest BCUT2D eigenvalue weighted by Gasteiger charge is 2.23. The van der Waals surface area contributed by atoms with Crippen molar-refractivity contribution in [3.8, 4) is 0 Å². The van der Waals surface area contributed by atoms with Crippen molar-refractivity contribution in [1.82, 2.24) is 14.7 Å². The summed E-state index contributed by atoms with van der Waals surface area (Å²) in [6.07, 6.45) is 1.56. The molecule has 3 aromatic rings. The molecule has 0 aliphatic carbocycles. The summed E-state index contributed by atoms with van der Waals surface area (Å²) in [4.78, 5) is 40.2. The van der Waals surface area contributed by atoms with Gasteiger partial charge in [0.1, 0.15) is 0 Å². The van der Waals surface area contributed by atoms with Crippen LogP contribution in [0.5, 0.6) is 0 Å². The summed E-state index contributed by atoms with van der Waals surface area (Å²) in [5, 5.41) is 17.3. The van der Waals surface area contributed by atoms with Crippen molar-refractivity contribution < 1.29 is 14.7 Å². The zero-order valence-electron chi connectivity index (χ0n) is 18.0. The number of piperidine rings is 1. The van der Waals surface area contributed by atoms with E-state index < -0.39 is 5.91 Å². The quantitative estimate of drug-likeness (QED) is 0.642. The molecule has 1 aliphatic heterocycles. The summed E-state index contributed by atoms with van der Waals surface area (Å²) in [7, 11) is 0. The number of rotatable bonds is 5. The average Bonchev–Trinajstić information content (AvgIpc) is 2.84. The molecule has 32 heavy (non-hydrogen) atoms. The van der Waals surface area contributed by atoms with Gasteiger partial charge in [-0.3, -0.25) is 14.4 Å². The van der Waals surface area contributed by atoms with Crippen molar-refractivity contribution in [2.45, 2.75) is 26.3 Å². The summed E-state index contributed by atoms with van der Waals surface area (Å²) >= 11 is 0. The zero-order chi connectivity index (χ0) is 22.7. The van der Waals surface area contributed by atoms with Crippen LogP contribution in [0.1, 0.15) is 40.6 Å². The van der Waals surface area contributed by atoms with Crippen LogP contribution in [0.15, 0.2) is 53.3 Å². The van der Waals surface area contributed by atoms with Crippen LogP contribution in [0, 0.1) is 5.92 Å². The van der Waals surface area contributed by atoms with Crippen LogP contribution in [-0.4, -0.2) is 51.3 Å². The third-order valence-corrected chi connectivity index (χ3v) is 5.91. The fraction of sp³-hybridized carbons (Fsp3) is 0.333. The molecule has 1 fully saturated rings. The predicted molar refractivity (Wildman–Crippen MR) is 122 cm³/mol. The van der Waals surface area contributed by atoms with Gasteiger partial charge in [0.25, 0.3) is 17.4 Å². The average molecular weight is 434 g/mol. The second kappa shape index (κ2) is 9.32. The lowest BCUT2D eigenvalue weighted by Gasteiger charge is -2.31. The standard InChI is InChI=1S/C24H26N4O4/c1-2-28-24(32)20-9-4-3-8-19(20)21(26-28)22(30)25-18-7-5-6-17(14-18)23(31)27-12-10-16(15-29)11-13-27/h3-9,14,16,29H,2,10-13,15H2,1H3,(H,25,30). The number of nitrogens with one attached hydrogen (secondary N) is 1. The van der Waals surface area contributed by atoms with E-state index in [9.17, 15) is 19.5 Å². The van der Waals surface area contributed by atoms with Gasteiger partial charge in [-0.1, -0.05) is 24.3 Å². The molecule has 4 rings (SSSR count). The van der Waals surface area contributed by atoms with E-state index in [2.05, 4.69) is 10.4 Å². The van der Waals surface area contributed by atoms with Crippen LogP contribution in [0.4, 0.5) is 5.69 Å². The van der Waals surface area contributed by atoms with Crippen molar-refractivity contribution in [3.63, 3.8) is 0 Å². The predicted octanol–water partition coefficient (Wildman–Crippen LogP) is 2.51. The minimum Gasteiger partial charge on any atom is -0.396 e. The Morgan fingerprint density at radius 3 is 2.50 bits per heavy atom. The Hall–Kier alpha value is -3.52. The molecule has 2 amide bonds. The van der Waals surface area contributed by atoms with E-state index in [4.69, 9.17) is 0 Å². The number of aromatic nitrogens is 2. The van der Waals surface area contributed by atoms with Gasteiger partial charge in [-0.25, -0.2) is 4.68 Å². The van der Waals surface area contributed by atoms with Gasteiger partial charge in [0.2, 0.25) is 0 Å². The fourth-order valence-corrected chi connectivity index (χ4v) is 4.04. The van der Waals surface area contributed by atoms with Crippen molar-refractivity contribution in [3.05, 3.63) is 70.1 Å². The van der Waals surface area contributed by atoms with E-state index in [0.717, 1.165) is 12.8 Å². The van der Waals surface area contributed by atoms with Crippen LogP contribution in [0.2, 0.25) is 0 Å². The van der Waals surface area contributed by atoms with E-state index >= 15 is 0 Å². The minimum atomic E-state index is -0.447. The Balaban J connectivity index is 1.57. The molecular weight excluding hydrogens is 408 g/mol. The maximum atomic E-state index is 13.1. The Morgan fingerprint density at radius 2 is 1.81 bits per heavy atom. The number of aliphatic hydroxyl groups is 1. The largest absolute Gasteiger partial charge is 0.396 e. The number of fused-ring (bicyclic) bond motifs is 1. The first kappa shape index (κ1) is 21.7. The van der Waals surface area contributed by atoms with Gasteiger partial charge in [-0.15, -0.1) is 0 Å². The minimum absolute atomic E-state index is 0.0967. The summed E-state index contributed by atoms with van der Waals surface area (Å²) in [5.41, 5.74) is 0.884. The highest BCUT2D eigenvalue weighted by atomic mass is 16.3. The lowest BCUT2D eigenvalue weighted by atomic mass is 9.97. The molecule has 0 radical (unpaired) electrons.